The molecule has 0 heterocycles. The van der Waals surface area contributed by atoms with E-state index in [0.717, 1.165) is 0 Å². The summed E-state index contributed by atoms with van der Waals surface area (Å²) in [4.78, 5) is 0. The first-order valence-electron chi connectivity index (χ1n) is 4.81. The van der Waals surface area contributed by atoms with Crippen LogP contribution < -0.4 is 5.32 Å². The normalized spacial score (nSPS) is 13.9. The van der Waals surface area contributed by atoms with Crippen LogP contribution in [-0.4, -0.2) is 21.5 Å². The lowest BCUT2D eigenvalue weighted by molar-refractivity contribution is 0.116. The Morgan fingerprint density at radius 3 is 2.33 bits per heavy atom. The molecule has 0 amide bonds. The smallest absolute Gasteiger partial charge is 0.124 e. The van der Waals surface area contributed by atoms with Crippen molar-refractivity contribution in [2.75, 3.05) is 0 Å². The van der Waals surface area contributed by atoms with Crippen molar-refractivity contribution >= 4 is 0 Å². The molecule has 0 saturated carbocycles. The zero-order valence-electron chi connectivity index (χ0n) is 9.15. The van der Waals surface area contributed by atoms with E-state index in [-0.39, 0.29) is 11.5 Å². The molecular formula is C11H17NO3. The maximum absolute atomic E-state index is 9.66. The quantitative estimate of drug-likeness (QED) is 0.568. The second-order valence-corrected chi connectivity index (χ2v) is 4.15. The summed E-state index contributed by atoms with van der Waals surface area (Å²) in [6, 6.07) is 4.40. The standard InChI is InChI=1S/C11H17NO3/c1-7(13)12-11(2,3)9-5-4-8(14)6-10(9)15/h4-7,12-15H,1-3H3. The molecular weight excluding hydrogens is 194 g/mol. The van der Waals surface area contributed by atoms with E-state index in [0.29, 0.717) is 5.56 Å². The fourth-order valence-corrected chi connectivity index (χ4v) is 1.65. The van der Waals surface area contributed by atoms with Crippen molar-refractivity contribution in [2.45, 2.75) is 32.5 Å². The number of nitrogens with one attached hydrogen (secondary N) is 1. The molecule has 4 nitrogen and oxygen atoms in total. The topological polar surface area (TPSA) is 72.7 Å². The van der Waals surface area contributed by atoms with Gasteiger partial charge in [-0.15, -0.1) is 0 Å². The third-order valence-corrected chi connectivity index (χ3v) is 2.22. The van der Waals surface area contributed by atoms with E-state index in [2.05, 4.69) is 5.32 Å². The zero-order valence-corrected chi connectivity index (χ0v) is 9.15. The zero-order chi connectivity index (χ0) is 11.6. The van der Waals surface area contributed by atoms with Crippen molar-refractivity contribution < 1.29 is 15.3 Å². The third-order valence-electron chi connectivity index (χ3n) is 2.22. The van der Waals surface area contributed by atoms with Gasteiger partial charge in [0.2, 0.25) is 0 Å². The summed E-state index contributed by atoms with van der Waals surface area (Å²) in [6.07, 6.45) is -0.673. The molecule has 84 valence electrons. The van der Waals surface area contributed by atoms with Crippen LogP contribution >= 0.6 is 0 Å². The summed E-state index contributed by atoms with van der Waals surface area (Å²) >= 11 is 0. The highest BCUT2D eigenvalue weighted by atomic mass is 16.3. The molecule has 0 aliphatic carbocycles. The number of phenols is 2. The predicted octanol–water partition coefficient (Wildman–Crippen LogP) is 1.26. The molecule has 1 aromatic rings. The molecule has 0 saturated heterocycles. The molecule has 0 aliphatic heterocycles. The number of phenolic OH excluding ortho intramolecular Hbond substituents is 2. The van der Waals surface area contributed by atoms with Crippen LogP contribution in [0.3, 0.4) is 0 Å². The van der Waals surface area contributed by atoms with Gasteiger partial charge in [0.15, 0.2) is 0 Å². The number of aromatic hydroxyl groups is 2. The molecule has 0 aromatic heterocycles. The molecule has 0 aliphatic rings. The Hall–Kier alpha value is -1.26. The minimum atomic E-state index is -0.673. The SMILES string of the molecule is CC(O)NC(C)(C)c1ccc(O)cc1O. The Balaban J connectivity index is 3.04. The van der Waals surface area contributed by atoms with Crippen LogP contribution in [0.1, 0.15) is 26.3 Å². The first kappa shape index (κ1) is 11.8. The maximum Gasteiger partial charge on any atom is 0.124 e. The molecule has 0 spiro atoms. The summed E-state index contributed by atoms with van der Waals surface area (Å²) < 4.78 is 0. The number of hydrogen-bond donors (Lipinski definition) is 4. The number of rotatable bonds is 3. The van der Waals surface area contributed by atoms with E-state index < -0.39 is 11.8 Å². The van der Waals surface area contributed by atoms with Gasteiger partial charge in [0.05, 0.1) is 0 Å². The van der Waals surface area contributed by atoms with Crippen molar-refractivity contribution in [3.63, 3.8) is 0 Å². The monoisotopic (exact) mass is 211 g/mol. The first-order chi connectivity index (χ1) is 6.83. The maximum atomic E-state index is 9.66. The summed E-state index contributed by atoms with van der Waals surface area (Å²) in [5, 5.41) is 31.0. The van der Waals surface area contributed by atoms with Crippen molar-refractivity contribution in [3.8, 4) is 11.5 Å². The van der Waals surface area contributed by atoms with Crippen LogP contribution in [-0.2, 0) is 5.54 Å². The van der Waals surface area contributed by atoms with Crippen LogP contribution in [0.25, 0.3) is 0 Å². The van der Waals surface area contributed by atoms with Gasteiger partial charge in [-0.05, 0) is 32.9 Å². The molecule has 0 bridgehead atoms. The highest BCUT2D eigenvalue weighted by Gasteiger charge is 2.24. The molecule has 0 fully saturated rings. The Kier molecular flexibility index (Phi) is 3.21. The molecule has 1 unspecified atom stereocenters. The average Bonchev–Trinajstić information content (AvgIpc) is 1.99. The molecule has 1 atom stereocenters. The van der Waals surface area contributed by atoms with E-state index >= 15 is 0 Å². The molecule has 1 aromatic carbocycles. The number of benzene rings is 1. The molecule has 0 radical (unpaired) electrons. The van der Waals surface area contributed by atoms with E-state index in [9.17, 15) is 10.2 Å². The molecule has 4 N–H and O–H groups in total. The van der Waals surface area contributed by atoms with Crippen molar-refractivity contribution in [1.82, 2.24) is 5.32 Å². The van der Waals surface area contributed by atoms with Crippen LogP contribution in [0, 0.1) is 0 Å². The average molecular weight is 211 g/mol. The first-order valence-corrected chi connectivity index (χ1v) is 4.81. The van der Waals surface area contributed by atoms with Crippen LogP contribution in [0.2, 0.25) is 0 Å². The van der Waals surface area contributed by atoms with Gasteiger partial charge >= 0.3 is 0 Å². The minimum absolute atomic E-state index is 0.00755. The van der Waals surface area contributed by atoms with Crippen molar-refractivity contribution in [3.05, 3.63) is 23.8 Å². The van der Waals surface area contributed by atoms with E-state index in [1.807, 2.05) is 13.8 Å². The number of aliphatic hydroxyl groups excluding tert-OH is 1. The van der Waals surface area contributed by atoms with Crippen LogP contribution in [0.5, 0.6) is 11.5 Å². The Morgan fingerprint density at radius 2 is 1.87 bits per heavy atom. The highest BCUT2D eigenvalue weighted by Crippen LogP contribution is 2.31. The van der Waals surface area contributed by atoms with Crippen LogP contribution in [0.4, 0.5) is 0 Å². The van der Waals surface area contributed by atoms with E-state index in [1.165, 1.54) is 12.1 Å². The minimum Gasteiger partial charge on any atom is -0.508 e. The molecule has 4 heteroatoms. The summed E-state index contributed by atoms with van der Waals surface area (Å²) in [7, 11) is 0. The Bertz CT molecular complexity index is 348. The fraction of sp³-hybridized carbons (Fsp3) is 0.455. The summed E-state index contributed by atoms with van der Waals surface area (Å²) in [5.41, 5.74) is 0.0626. The third kappa shape index (κ3) is 2.84. The molecule has 1 rings (SSSR count). The van der Waals surface area contributed by atoms with Gasteiger partial charge in [-0.25, -0.2) is 0 Å². The number of aliphatic hydroxyl groups is 1. The Labute approximate surface area is 89.2 Å². The van der Waals surface area contributed by atoms with E-state index in [4.69, 9.17) is 5.11 Å². The lowest BCUT2D eigenvalue weighted by atomic mass is 9.93. The van der Waals surface area contributed by atoms with Gasteiger partial charge in [0, 0.05) is 17.2 Å². The lowest BCUT2D eigenvalue weighted by Crippen LogP contribution is -2.42. The van der Waals surface area contributed by atoms with Gasteiger partial charge in [0.1, 0.15) is 17.7 Å². The largest absolute Gasteiger partial charge is 0.508 e. The van der Waals surface area contributed by atoms with Gasteiger partial charge in [0.25, 0.3) is 0 Å². The van der Waals surface area contributed by atoms with Gasteiger partial charge in [-0.3, -0.25) is 5.32 Å². The summed E-state index contributed by atoms with van der Waals surface area (Å²) in [6.45, 7) is 5.29. The van der Waals surface area contributed by atoms with Crippen LogP contribution in [0.15, 0.2) is 18.2 Å². The van der Waals surface area contributed by atoms with Gasteiger partial charge in [-0.1, -0.05) is 0 Å². The van der Waals surface area contributed by atoms with Crippen molar-refractivity contribution in [1.29, 1.82) is 0 Å². The van der Waals surface area contributed by atoms with Gasteiger partial charge in [-0.2, -0.15) is 0 Å². The van der Waals surface area contributed by atoms with Gasteiger partial charge < -0.3 is 15.3 Å². The fourth-order valence-electron chi connectivity index (χ4n) is 1.65. The van der Waals surface area contributed by atoms with Crippen molar-refractivity contribution in [2.24, 2.45) is 0 Å². The second-order valence-electron chi connectivity index (χ2n) is 4.15. The highest BCUT2D eigenvalue weighted by molar-refractivity contribution is 5.42. The lowest BCUT2D eigenvalue weighted by Gasteiger charge is -2.29. The van der Waals surface area contributed by atoms with E-state index in [1.54, 1.807) is 13.0 Å². The summed E-state index contributed by atoms with van der Waals surface area (Å²) in [5.74, 6) is 0.0252. The predicted molar refractivity (Wildman–Crippen MR) is 57.6 cm³/mol. The Morgan fingerprint density at radius 1 is 1.27 bits per heavy atom. The second kappa shape index (κ2) is 4.08. The number of hydrogen-bond acceptors (Lipinski definition) is 4. The molecule has 15 heavy (non-hydrogen) atoms.